The molecule has 1 aliphatic heterocycles. The molecule has 0 bridgehead atoms. The molecule has 3 unspecified atom stereocenters. The average Bonchev–Trinajstić information content (AvgIpc) is 3.19. The van der Waals surface area contributed by atoms with Gasteiger partial charge in [0, 0.05) is 26.2 Å². The van der Waals surface area contributed by atoms with E-state index in [0.717, 1.165) is 25.2 Å². The largest absolute Gasteiger partial charge is 0.449 e. The normalized spacial score (nSPS) is 26.3. The van der Waals surface area contributed by atoms with E-state index in [4.69, 9.17) is 10.00 Å². The van der Waals surface area contributed by atoms with Crippen LogP contribution in [0, 0.1) is 29.1 Å². The Kier molecular flexibility index (Phi) is 9.76. The lowest BCUT2D eigenvalue weighted by Gasteiger charge is -2.36. The summed E-state index contributed by atoms with van der Waals surface area (Å²) in [4.78, 5) is 19.0. The van der Waals surface area contributed by atoms with Gasteiger partial charge in [0.25, 0.3) is 0 Å². The summed E-state index contributed by atoms with van der Waals surface area (Å²) in [6.07, 6.45) is 7.83. The number of aliphatic imine (C=N–C) groups is 1. The van der Waals surface area contributed by atoms with E-state index in [9.17, 15) is 4.79 Å². The van der Waals surface area contributed by atoms with Crippen molar-refractivity contribution in [3.8, 4) is 6.07 Å². The van der Waals surface area contributed by atoms with Crippen LogP contribution in [0.5, 0.6) is 0 Å². The van der Waals surface area contributed by atoms with Crippen LogP contribution in [-0.4, -0.2) is 55.7 Å². The Hall–Kier alpha value is -2.59. The molecular formula is C27H41N5O2. The number of nitrogens with zero attached hydrogens (tertiary/aromatic N) is 3. The number of hydrogen-bond donors (Lipinski definition) is 2. The molecule has 1 fully saturated rings. The Bertz CT molecular complexity index is 848. The number of hydrogen-bond acceptors (Lipinski definition) is 6. The Morgan fingerprint density at radius 2 is 2.09 bits per heavy atom. The third-order valence-electron chi connectivity index (χ3n) is 7.50. The molecule has 2 N–H and O–H groups in total. The molecule has 1 saturated carbocycles. The van der Waals surface area contributed by atoms with E-state index in [1.807, 2.05) is 30.6 Å². The van der Waals surface area contributed by atoms with Crippen molar-refractivity contribution >= 4 is 12.4 Å². The summed E-state index contributed by atoms with van der Waals surface area (Å²) in [5.41, 5.74) is 1.69. The average molecular weight is 468 g/mol. The number of nitriles is 1. The van der Waals surface area contributed by atoms with Crippen LogP contribution in [0.2, 0.25) is 0 Å². The first-order chi connectivity index (χ1) is 16.4. The van der Waals surface area contributed by atoms with Gasteiger partial charge in [0.2, 0.25) is 0 Å². The first-order valence-electron chi connectivity index (χ1n) is 12.8. The summed E-state index contributed by atoms with van der Waals surface area (Å²) in [6.45, 7) is 10.7. The molecule has 1 amide bonds. The van der Waals surface area contributed by atoms with E-state index in [-0.39, 0.29) is 11.6 Å². The van der Waals surface area contributed by atoms with Crippen LogP contribution in [0.1, 0.15) is 64.0 Å². The molecule has 0 saturated heterocycles. The van der Waals surface area contributed by atoms with Gasteiger partial charge in [-0.1, -0.05) is 58.1 Å². The topological polar surface area (TPSA) is 89.8 Å². The van der Waals surface area contributed by atoms with E-state index in [0.29, 0.717) is 43.0 Å². The lowest BCUT2D eigenvalue weighted by molar-refractivity contribution is 0.0609. The second-order valence-electron chi connectivity index (χ2n) is 10.2. The Balaban J connectivity index is 1.35. The minimum Gasteiger partial charge on any atom is -0.449 e. The van der Waals surface area contributed by atoms with Gasteiger partial charge in [0.15, 0.2) is 0 Å². The highest BCUT2D eigenvalue weighted by atomic mass is 16.5. The maximum absolute atomic E-state index is 12.2. The second kappa shape index (κ2) is 12.8. The third kappa shape index (κ3) is 7.20. The van der Waals surface area contributed by atoms with Crippen LogP contribution >= 0.6 is 0 Å². The molecule has 7 heteroatoms. The molecule has 0 spiro atoms. The standard InChI is InChI=1S/C27H41N5O2/c1-4-6-24-8-5-7-21(2)25(24)17-34-26(33)31-14-13-29-18-27(3)19-30-20-32(27)16-23-11-9-22(15-28)10-12-23/h9-12,20-21,24-25,29H,4-8,13-14,16-19H2,1-3H3,(H,31,33)/t21-,24?,25?,27?/m0/s1. The molecule has 0 aromatic heterocycles. The van der Waals surface area contributed by atoms with Crippen LogP contribution in [0.4, 0.5) is 4.79 Å². The highest BCUT2D eigenvalue weighted by Gasteiger charge is 2.33. The molecule has 4 atom stereocenters. The zero-order valence-corrected chi connectivity index (χ0v) is 21.1. The van der Waals surface area contributed by atoms with Crippen molar-refractivity contribution in [3.05, 3.63) is 35.4 Å². The number of rotatable bonds is 11. The molecule has 7 nitrogen and oxygen atoms in total. The van der Waals surface area contributed by atoms with Crippen molar-refractivity contribution in [1.29, 1.82) is 5.26 Å². The zero-order chi connectivity index (χ0) is 24.4. The minimum absolute atomic E-state index is 0.125. The summed E-state index contributed by atoms with van der Waals surface area (Å²) in [5, 5.41) is 15.3. The van der Waals surface area contributed by atoms with Gasteiger partial charge in [-0.2, -0.15) is 5.26 Å². The summed E-state index contributed by atoms with van der Waals surface area (Å²) >= 11 is 0. The number of carbonyl (C=O) groups is 1. The van der Waals surface area contributed by atoms with Gasteiger partial charge in [-0.25, -0.2) is 4.79 Å². The number of nitrogens with one attached hydrogen (secondary N) is 2. The number of alkyl carbamates (subject to hydrolysis) is 1. The Labute approximate surface area is 205 Å². The highest BCUT2D eigenvalue weighted by Crippen LogP contribution is 2.37. The quantitative estimate of drug-likeness (QED) is 0.473. The predicted molar refractivity (Wildman–Crippen MR) is 136 cm³/mol. The summed E-state index contributed by atoms with van der Waals surface area (Å²) < 4.78 is 5.60. The van der Waals surface area contributed by atoms with Crippen molar-refractivity contribution in [2.45, 2.75) is 65.0 Å². The molecule has 186 valence electrons. The van der Waals surface area contributed by atoms with Crippen molar-refractivity contribution in [2.24, 2.45) is 22.7 Å². The van der Waals surface area contributed by atoms with E-state index in [1.165, 1.54) is 32.1 Å². The van der Waals surface area contributed by atoms with Gasteiger partial charge in [-0.15, -0.1) is 0 Å². The fraction of sp³-hybridized carbons (Fsp3) is 0.667. The number of ether oxygens (including phenoxy) is 1. The number of carbonyl (C=O) groups excluding carboxylic acids is 1. The minimum atomic E-state index is -0.312. The van der Waals surface area contributed by atoms with Gasteiger partial charge in [0.1, 0.15) is 0 Å². The molecule has 1 aromatic carbocycles. The van der Waals surface area contributed by atoms with Crippen LogP contribution in [0.15, 0.2) is 29.3 Å². The van der Waals surface area contributed by atoms with Gasteiger partial charge < -0.3 is 20.3 Å². The van der Waals surface area contributed by atoms with E-state index < -0.39 is 0 Å². The first kappa shape index (κ1) is 26.0. The number of amides is 1. The van der Waals surface area contributed by atoms with Crippen LogP contribution in [0.25, 0.3) is 0 Å². The van der Waals surface area contributed by atoms with Gasteiger partial charge in [-0.3, -0.25) is 4.99 Å². The van der Waals surface area contributed by atoms with Crippen molar-refractivity contribution in [1.82, 2.24) is 15.5 Å². The van der Waals surface area contributed by atoms with Crippen LogP contribution in [-0.2, 0) is 11.3 Å². The Morgan fingerprint density at radius 3 is 2.82 bits per heavy atom. The second-order valence-corrected chi connectivity index (χ2v) is 10.2. The fourth-order valence-electron chi connectivity index (χ4n) is 5.29. The summed E-state index contributed by atoms with van der Waals surface area (Å²) in [6, 6.07) is 9.84. The van der Waals surface area contributed by atoms with Crippen LogP contribution < -0.4 is 10.6 Å². The molecule has 2 aliphatic rings. The van der Waals surface area contributed by atoms with Crippen LogP contribution in [0.3, 0.4) is 0 Å². The fourth-order valence-corrected chi connectivity index (χ4v) is 5.29. The first-order valence-corrected chi connectivity index (χ1v) is 12.8. The molecule has 34 heavy (non-hydrogen) atoms. The van der Waals surface area contributed by atoms with E-state index in [2.05, 4.69) is 47.4 Å². The third-order valence-corrected chi connectivity index (χ3v) is 7.50. The zero-order valence-electron chi connectivity index (χ0n) is 21.1. The molecule has 0 radical (unpaired) electrons. The van der Waals surface area contributed by atoms with Gasteiger partial charge >= 0.3 is 6.09 Å². The lowest BCUT2D eigenvalue weighted by atomic mass is 9.71. The summed E-state index contributed by atoms with van der Waals surface area (Å²) in [5.74, 6) is 1.80. The molecule has 1 heterocycles. The lowest BCUT2D eigenvalue weighted by Crippen LogP contribution is -2.51. The van der Waals surface area contributed by atoms with Crippen molar-refractivity contribution < 1.29 is 9.53 Å². The smallest absolute Gasteiger partial charge is 0.407 e. The molecule has 1 aliphatic carbocycles. The number of benzene rings is 1. The molecule has 3 rings (SSSR count). The predicted octanol–water partition coefficient (Wildman–Crippen LogP) is 4.33. The monoisotopic (exact) mass is 467 g/mol. The van der Waals surface area contributed by atoms with E-state index in [1.54, 1.807) is 0 Å². The molecular weight excluding hydrogens is 426 g/mol. The van der Waals surface area contributed by atoms with Gasteiger partial charge in [0.05, 0.1) is 36.7 Å². The highest BCUT2D eigenvalue weighted by molar-refractivity contribution is 5.67. The van der Waals surface area contributed by atoms with Gasteiger partial charge in [-0.05, 0) is 42.4 Å². The van der Waals surface area contributed by atoms with Crippen molar-refractivity contribution in [3.63, 3.8) is 0 Å². The van der Waals surface area contributed by atoms with Crippen molar-refractivity contribution in [2.75, 3.05) is 32.8 Å². The summed E-state index contributed by atoms with van der Waals surface area (Å²) in [7, 11) is 0. The SMILES string of the molecule is CCCC1CCC[C@H](C)C1COC(=O)NCCNCC1(C)CN=CN1Cc1ccc(C#N)cc1. The Morgan fingerprint density at radius 1 is 1.29 bits per heavy atom. The maximum atomic E-state index is 12.2. The van der Waals surface area contributed by atoms with E-state index >= 15 is 0 Å². The maximum Gasteiger partial charge on any atom is 0.407 e. The molecule has 1 aromatic rings.